The molecule has 0 aromatic heterocycles. The first-order valence-corrected chi connectivity index (χ1v) is 7.82. The van der Waals surface area contributed by atoms with Gasteiger partial charge in [0.1, 0.15) is 5.54 Å². The summed E-state index contributed by atoms with van der Waals surface area (Å²) in [6, 6.07) is 0.181. The van der Waals surface area contributed by atoms with Crippen LogP contribution in [-0.2, 0) is 4.79 Å². The molecule has 20 heavy (non-hydrogen) atoms. The number of hydrogen-bond acceptors (Lipinski definition) is 2. The Labute approximate surface area is 119 Å². The van der Waals surface area contributed by atoms with E-state index in [0.717, 1.165) is 32.2 Å². The average Bonchev–Trinajstić information content (AvgIpc) is 3.00. The van der Waals surface area contributed by atoms with E-state index in [1.165, 1.54) is 6.42 Å². The zero-order valence-electron chi connectivity index (χ0n) is 12.1. The zero-order chi connectivity index (χ0) is 14.3. The Bertz CT molecular complexity index is 425. The van der Waals surface area contributed by atoms with Crippen LogP contribution in [0, 0.1) is 11.8 Å². The first kappa shape index (κ1) is 13.7. The number of carboxylic acids is 1. The number of piperidine rings is 1. The average molecular weight is 280 g/mol. The number of nitrogens with zero attached hydrogens (tertiary/aromatic N) is 1. The molecule has 0 spiro atoms. The number of urea groups is 1. The molecule has 2 bridgehead atoms. The molecule has 3 rings (SSSR count). The third-order valence-corrected chi connectivity index (χ3v) is 5.42. The van der Waals surface area contributed by atoms with Crippen LogP contribution in [0.1, 0.15) is 51.9 Å². The molecule has 0 aromatic rings. The zero-order valence-corrected chi connectivity index (χ0v) is 12.1. The lowest BCUT2D eigenvalue weighted by Gasteiger charge is -2.39. The number of aliphatic carboxylic acids is 1. The fraction of sp³-hybridized carbons (Fsp3) is 0.867. The largest absolute Gasteiger partial charge is 0.480 e. The van der Waals surface area contributed by atoms with E-state index in [1.54, 1.807) is 0 Å². The summed E-state index contributed by atoms with van der Waals surface area (Å²) in [5, 5.41) is 12.5. The van der Waals surface area contributed by atoms with Gasteiger partial charge in [0, 0.05) is 12.6 Å². The van der Waals surface area contributed by atoms with Crippen molar-refractivity contribution in [1.29, 1.82) is 0 Å². The predicted molar refractivity (Wildman–Crippen MR) is 74.4 cm³/mol. The van der Waals surface area contributed by atoms with Crippen molar-refractivity contribution in [3.63, 3.8) is 0 Å². The van der Waals surface area contributed by atoms with Crippen molar-refractivity contribution in [3.8, 4) is 0 Å². The normalized spacial score (nSPS) is 39.9. The van der Waals surface area contributed by atoms with Gasteiger partial charge < -0.3 is 15.3 Å². The monoisotopic (exact) mass is 280 g/mol. The number of carbonyl (C=O) groups excluding carboxylic acids is 1. The smallest absolute Gasteiger partial charge is 0.329 e. The molecule has 1 heterocycles. The van der Waals surface area contributed by atoms with Crippen molar-refractivity contribution >= 4 is 12.0 Å². The minimum Gasteiger partial charge on any atom is -0.480 e. The summed E-state index contributed by atoms with van der Waals surface area (Å²) in [7, 11) is 0. The number of hydrogen-bond donors (Lipinski definition) is 2. The Hall–Kier alpha value is -1.26. The first-order valence-electron chi connectivity index (χ1n) is 7.82. The van der Waals surface area contributed by atoms with Gasteiger partial charge in [-0.1, -0.05) is 19.8 Å². The SMILES string of the molecule is CC1CCCC(NC(=O)N2CC3CCC2C3)(C(=O)O)C1. The third kappa shape index (κ3) is 2.27. The highest BCUT2D eigenvalue weighted by molar-refractivity contribution is 5.86. The molecule has 2 aliphatic carbocycles. The van der Waals surface area contributed by atoms with E-state index in [1.807, 2.05) is 4.90 Å². The summed E-state index contributed by atoms with van der Waals surface area (Å²) in [5.41, 5.74) is -1.05. The highest BCUT2D eigenvalue weighted by atomic mass is 16.4. The molecule has 0 aromatic carbocycles. The van der Waals surface area contributed by atoms with Crippen molar-refractivity contribution in [2.24, 2.45) is 11.8 Å². The van der Waals surface area contributed by atoms with Gasteiger partial charge >= 0.3 is 12.0 Å². The maximum atomic E-state index is 12.5. The second kappa shape index (κ2) is 4.93. The van der Waals surface area contributed by atoms with Crippen LogP contribution in [0.2, 0.25) is 0 Å². The minimum absolute atomic E-state index is 0.159. The van der Waals surface area contributed by atoms with Crippen molar-refractivity contribution in [1.82, 2.24) is 10.2 Å². The van der Waals surface area contributed by atoms with Crippen LogP contribution < -0.4 is 5.32 Å². The maximum absolute atomic E-state index is 12.5. The van der Waals surface area contributed by atoms with Gasteiger partial charge in [0.2, 0.25) is 0 Å². The van der Waals surface area contributed by atoms with Crippen LogP contribution >= 0.6 is 0 Å². The quantitative estimate of drug-likeness (QED) is 0.815. The lowest BCUT2D eigenvalue weighted by molar-refractivity contribution is -0.146. The molecular weight excluding hydrogens is 256 g/mol. The number of amides is 2. The van der Waals surface area contributed by atoms with E-state index in [0.29, 0.717) is 30.7 Å². The molecule has 1 saturated heterocycles. The topological polar surface area (TPSA) is 69.6 Å². The Morgan fingerprint density at radius 1 is 1.30 bits per heavy atom. The van der Waals surface area contributed by atoms with E-state index in [-0.39, 0.29) is 6.03 Å². The molecule has 2 N–H and O–H groups in total. The number of nitrogens with one attached hydrogen (secondary N) is 1. The fourth-order valence-electron chi connectivity index (χ4n) is 4.36. The summed E-state index contributed by atoms with van der Waals surface area (Å²) < 4.78 is 0. The van der Waals surface area contributed by atoms with Crippen molar-refractivity contribution in [3.05, 3.63) is 0 Å². The van der Waals surface area contributed by atoms with Crippen LogP contribution in [0.4, 0.5) is 4.79 Å². The van der Waals surface area contributed by atoms with Crippen molar-refractivity contribution in [2.45, 2.75) is 63.5 Å². The predicted octanol–water partition coefficient (Wildman–Crippen LogP) is 2.21. The first-order chi connectivity index (χ1) is 9.50. The molecular formula is C15H24N2O3. The molecule has 3 fully saturated rings. The van der Waals surface area contributed by atoms with Gasteiger partial charge in [0.25, 0.3) is 0 Å². The van der Waals surface area contributed by atoms with Gasteiger partial charge in [-0.25, -0.2) is 9.59 Å². The van der Waals surface area contributed by atoms with E-state index in [2.05, 4.69) is 12.2 Å². The number of fused-ring (bicyclic) bond motifs is 2. The number of rotatable bonds is 2. The molecule has 112 valence electrons. The van der Waals surface area contributed by atoms with Crippen molar-refractivity contribution in [2.75, 3.05) is 6.54 Å². The Balaban J connectivity index is 1.70. The maximum Gasteiger partial charge on any atom is 0.329 e. The number of likely N-dealkylation sites (tertiary alicyclic amines) is 1. The van der Waals surface area contributed by atoms with Gasteiger partial charge in [-0.05, 0) is 43.9 Å². The molecule has 4 unspecified atom stereocenters. The lowest BCUT2D eigenvalue weighted by Crippen LogP contribution is -2.60. The van der Waals surface area contributed by atoms with Gasteiger partial charge in [0.05, 0.1) is 0 Å². The molecule has 2 saturated carbocycles. The number of carboxylic acid groups (broad SMARTS) is 1. The van der Waals surface area contributed by atoms with Gasteiger partial charge in [-0.15, -0.1) is 0 Å². The fourth-order valence-corrected chi connectivity index (χ4v) is 4.36. The number of carbonyl (C=O) groups is 2. The second-order valence-corrected chi connectivity index (χ2v) is 7.00. The van der Waals surface area contributed by atoms with Crippen LogP contribution in [0.3, 0.4) is 0 Å². The molecule has 5 heteroatoms. The van der Waals surface area contributed by atoms with E-state index in [9.17, 15) is 14.7 Å². The summed E-state index contributed by atoms with van der Waals surface area (Å²) in [5.74, 6) is 0.119. The highest BCUT2D eigenvalue weighted by Gasteiger charge is 2.46. The van der Waals surface area contributed by atoms with Crippen molar-refractivity contribution < 1.29 is 14.7 Å². The molecule has 5 nitrogen and oxygen atoms in total. The summed E-state index contributed by atoms with van der Waals surface area (Å²) in [4.78, 5) is 26.0. The van der Waals surface area contributed by atoms with Crippen LogP contribution in [0.15, 0.2) is 0 Å². The van der Waals surface area contributed by atoms with Crippen LogP contribution in [0.25, 0.3) is 0 Å². The minimum atomic E-state index is -1.05. The summed E-state index contributed by atoms with van der Waals surface area (Å²) in [6.45, 7) is 2.88. The Morgan fingerprint density at radius 3 is 2.65 bits per heavy atom. The molecule has 3 aliphatic rings. The third-order valence-electron chi connectivity index (χ3n) is 5.42. The molecule has 1 aliphatic heterocycles. The van der Waals surface area contributed by atoms with Crippen LogP contribution in [0.5, 0.6) is 0 Å². The lowest BCUT2D eigenvalue weighted by atomic mass is 9.76. The summed E-state index contributed by atoms with van der Waals surface area (Å²) in [6.07, 6.45) is 6.43. The van der Waals surface area contributed by atoms with E-state index < -0.39 is 11.5 Å². The van der Waals surface area contributed by atoms with Gasteiger partial charge in [0.15, 0.2) is 0 Å². The Morgan fingerprint density at radius 2 is 2.10 bits per heavy atom. The Kier molecular flexibility index (Phi) is 3.38. The van der Waals surface area contributed by atoms with E-state index >= 15 is 0 Å². The van der Waals surface area contributed by atoms with Gasteiger partial charge in [-0.3, -0.25) is 0 Å². The molecule has 4 atom stereocenters. The molecule has 0 radical (unpaired) electrons. The van der Waals surface area contributed by atoms with Crippen LogP contribution in [-0.4, -0.2) is 40.1 Å². The second-order valence-electron chi connectivity index (χ2n) is 7.00. The summed E-state index contributed by atoms with van der Waals surface area (Å²) >= 11 is 0. The van der Waals surface area contributed by atoms with E-state index in [4.69, 9.17) is 0 Å². The highest BCUT2D eigenvalue weighted by Crippen LogP contribution is 2.38. The molecule has 2 amide bonds. The van der Waals surface area contributed by atoms with Gasteiger partial charge in [-0.2, -0.15) is 0 Å². The standard InChI is InChI=1S/C15H24N2O3/c1-10-3-2-6-15(8-10,13(18)19)16-14(20)17-9-11-4-5-12(17)7-11/h10-12H,2-9H2,1H3,(H,16,20)(H,18,19).